The van der Waals surface area contributed by atoms with Gasteiger partial charge in [-0.05, 0) is 53.9 Å². The van der Waals surface area contributed by atoms with E-state index in [1.165, 1.54) is 0 Å². The summed E-state index contributed by atoms with van der Waals surface area (Å²) in [7, 11) is 0. The molecule has 0 aliphatic rings. The number of carbonyl (C=O) groups excluding carboxylic acids is 1. The number of rotatable bonds is 7. The predicted molar refractivity (Wildman–Crippen MR) is 104 cm³/mol. The van der Waals surface area contributed by atoms with Crippen LogP contribution in [0.5, 0.6) is 0 Å². The molecule has 1 unspecified atom stereocenters. The molecule has 6 nitrogen and oxygen atoms in total. The smallest absolute Gasteiger partial charge is 0.226 e. The number of nitrogens with zero attached hydrogens (tertiary/aromatic N) is 3. The van der Waals surface area contributed by atoms with Gasteiger partial charge in [0, 0.05) is 24.5 Å². The lowest BCUT2D eigenvalue weighted by Crippen LogP contribution is -2.22. The number of nitrogens with one attached hydrogen (secondary N) is 1. The van der Waals surface area contributed by atoms with Gasteiger partial charge in [-0.15, -0.1) is 0 Å². The van der Waals surface area contributed by atoms with Gasteiger partial charge >= 0.3 is 0 Å². The third kappa shape index (κ3) is 4.67. The highest BCUT2D eigenvalue weighted by atomic mass is 16.1. The molecule has 0 aliphatic carbocycles. The molecule has 0 saturated heterocycles. The minimum Gasteiger partial charge on any atom is -0.369 e. The van der Waals surface area contributed by atoms with E-state index in [4.69, 9.17) is 11.0 Å². The third-order valence-corrected chi connectivity index (χ3v) is 4.17. The Hall–Kier alpha value is -3.72. The lowest BCUT2D eigenvalue weighted by Gasteiger charge is -2.13. The molecule has 1 amide bonds. The van der Waals surface area contributed by atoms with Crippen LogP contribution in [-0.4, -0.2) is 15.9 Å². The topological polar surface area (TPSA) is 105 Å². The molecule has 0 radical (unpaired) electrons. The number of amides is 1. The number of hydrogen-bond acceptors (Lipinski definition) is 5. The number of aromatic nitrogens is 2. The van der Waals surface area contributed by atoms with Crippen molar-refractivity contribution in [2.24, 2.45) is 5.73 Å². The van der Waals surface area contributed by atoms with Crippen LogP contribution in [0.1, 0.15) is 24.5 Å². The molecule has 6 heteroatoms. The Morgan fingerprint density at radius 2 is 1.78 bits per heavy atom. The molecule has 1 atom stereocenters. The van der Waals surface area contributed by atoms with Crippen molar-refractivity contribution in [2.75, 3.05) is 5.32 Å². The molecular weight excluding hydrogens is 338 g/mol. The maximum absolute atomic E-state index is 11.8. The Morgan fingerprint density at radius 1 is 1.07 bits per heavy atom. The second-order valence-corrected chi connectivity index (χ2v) is 6.04. The predicted octanol–water partition coefficient (Wildman–Crippen LogP) is 3.76. The van der Waals surface area contributed by atoms with Gasteiger partial charge in [-0.2, -0.15) is 5.26 Å². The molecule has 0 aliphatic heterocycles. The number of benzene rings is 1. The molecule has 3 aromatic rings. The molecule has 3 rings (SSSR count). The van der Waals surface area contributed by atoms with Crippen LogP contribution in [0.25, 0.3) is 11.1 Å². The second kappa shape index (κ2) is 8.59. The molecule has 1 aromatic carbocycles. The van der Waals surface area contributed by atoms with Crippen molar-refractivity contribution in [3.63, 3.8) is 0 Å². The number of carbonyl (C=O) groups is 1. The van der Waals surface area contributed by atoms with E-state index in [1.807, 2.05) is 60.7 Å². The fraction of sp³-hybridized carbons (Fsp3) is 0.143. The number of primary amides is 1. The van der Waals surface area contributed by atoms with Crippen molar-refractivity contribution in [1.82, 2.24) is 9.97 Å². The van der Waals surface area contributed by atoms with E-state index >= 15 is 0 Å². The maximum Gasteiger partial charge on any atom is 0.226 e. The van der Waals surface area contributed by atoms with Crippen molar-refractivity contribution < 1.29 is 4.79 Å². The van der Waals surface area contributed by atoms with Crippen LogP contribution in [-0.2, 0) is 4.79 Å². The van der Waals surface area contributed by atoms with E-state index in [0.717, 1.165) is 16.8 Å². The maximum atomic E-state index is 11.8. The van der Waals surface area contributed by atoms with E-state index < -0.39 is 11.8 Å². The minimum atomic E-state index is -0.576. The van der Waals surface area contributed by atoms with Crippen LogP contribution in [0.4, 0.5) is 11.5 Å². The summed E-state index contributed by atoms with van der Waals surface area (Å²) in [5.41, 5.74) is 8.87. The van der Waals surface area contributed by atoms with E-state index in [-0.39, 0.29) is 6.42 Å². The summed E-state index contributed by atoms with van der Waals surface area (Å²) >= 11 is 0. The molecule has 3 N–H and O–H groups in total. The van der Waals surface area contributed by atoms with Crippen LogP contribution in [0.2, 0.25) is 0 Å². The fourth-order valence-electron chi connectivity index (χ4n) is 2.81. The zero-order valence-electron chi connectivity index (χ0n) is 14.7. The van der Waals surface area contributed by atoms with Crippen LogP contribution < -0.4 is 11.1 Å². The average Bonchev–Trinajstić information content (AvgIpc) is 2.69. The summed E-state index contributed by atoms with van der Waals surface area (Å²) in [4.78, 5) is 20.4. The number of para-hydroxylation sites is 1. The first-order valence-electron chi connectivity index (χ1n) is 8.58. The number of anilines is 2. The van der Waals surface area contributed by atoms with Gasteiger partial charge in [0.15, 0.2) is 0 Å². The Bertz CT molecular complexity index is 966. The summed E-state index contributed by atoms with van der Waals surface area (Å²) in [6.07, 6.45) is 3.99. The second-order valence-electron chi connectivity index (χ2n) is 6.04. The van der Waals surface area contributed by atoms with Crippen LogP contribution in [0, 0.1) is 11.3 Å². The Balaban J connectivity index is 1.87. The van der Waals surface area contributed by atoms with Gasteiger partial charge < -0.3 is 11.1 Å². The van der Waals surface area contributed by atoms with Crippen molar-refractivity contribution in [3.8, 4) is 17.2 Å². The Morgan fingerprint density at radius 3 is 2.48 bits per heavy atom. The lowest BCUT2D eigenvalue weighted by molar-refractivity contribution is -0.119. The minimum absolute atomic E-state index is 0.250. The average molecular weight is 357 g/mol. The third-order valence-electron chi connectivity index (χ3n) is 4.17. The standard InChI is InChI=1S/C21H19N5O/c22-10-4-7-18(21(23)27)19-13-15(8-11-24-19)16-9-12-25-20(14-16)26-17-5-2-1-3-6-17/h1-3,5-6,8-9,11-14,18H,4,7H2,(H2,23,27)(H,25,26). The van der Waals surface area contributed by atoms with Gasteiger partial charge in [0.2, 0.25) is 5.91 Å². The van der Waals surface area contributed by atoms with Gasteiger partial charge in [-0.1, -0.05) is 18.2 Å². The lowest BCUT2D eigenvalue weighted by atomic mass is 9.96. The number of nitriles is 1. The zero-order valence-corrected chi connectivity index (χ0v) is 14.7. The zero-order chi connectivity index (χ0) is 19.1. The van der Waals surface area contributed by atoms with E-state index in [2.05, 4.69) is 15.3 Å². The quantitative estimate of drug-likeness (QED) is 0.670. The van der Waals surface area contributed by atoms with Crippen LogP contribution in [0.15, 0.2) is 67.0 Å². The van der Waals surface area contributed by atoms with Gasteiger partial charge in [-0.3, -0.25) is 9.78 Å². The van der Waals surface area contributed by atoms with Gasteiger partial charge in [0.25, 0.3) is 0 Å². The van der Waals surface area contributed by atoms with Gasteiger partial charge in [-0.25, -0.2) is 4.98 Å². The van der Waals surface area contributed by atoms with Gasteiger partial charge in [0.05, 0.1) is 17.7 Å². The fourth-order valence-corrected chi connectivity index (χ4v) is 2.81. The number of nitrogens with two attached hydrogens (primary N) is 1. The largest absolute Gasteiger partial charge is 0.369 e. The van der Waals surface area contributed by atoms with Crippen molar-refractivity contribution in [3.05, 3.63) is 72.7 Å². The molecule has 27 heavy (non-hydrogen) atoms. The van der Waals surface area contributed by atoms with Gasteiger partial charge in [0.1, 0.15) is 5.82 Å². The normalized spacial score (nSPS) is 11.4. The SMILES string of the molecule is N#CCCC(C(N)=O)c1cc(-c2ccnc(Nc3ccccc3)c2)ccn1. The molecule has 0 saturated carbocycles. The Labute approximate surface area is 157 Å². The Kier molecular flexibility index (Phi) is 5.75. The number of pyridine rings is 2. The monoisotopic (exact) mass is 357 g/mol. The molecular formula is C21H19N5O. The number of hydrogen-bond donors (Lipinski definition) is 2. The summed E-state index contributed by atoms with van der Waals surface area (Å²) in [5, 5.41) is 12.1. The summed E-state index contributed by atoms with van der Waals surface area (Å²) in [5.74, 6) is -0.336. The van der Waals surface area contributed by atoms with Crippen molar-refractivity contribution in [2.45, 2.75) is 18.8 Å². The first-order chi connectivity index (χ1) is 13.2. The van der Waals surface area contributed by atoms with Crippen molar-refractivity contribution >= 4 is 17.4 Å². The molecule has 0 spiro atoms. The highest BCUT2D eigenvalue weighted by molar-refractivity contribution is 5.82. The van der Waals surface area contributed by atoms with E-state index in [9.17, 15) is 4.79 Å². The molecule has 134 valence electrons. The summed E-state index contributed by atoms with van der Waals surface area (Å²) < 4.78 is 0. The van der Waals surface area contributed by atoms with Crippen LogP contribution in [0.3, 0.4) is 0 Å². The van der Waals surface area contributed by atoms with Crippen molar-refractivity contribution in [1.29, 1.82) is 5.26 Å². The highest BCUT2D eigenvalue weighted by Gasteiger charge is 2.19. The first kappa shape index (κ1) is 18.1. The molecule has 2 heterocycles. The molecule has 2 aromatic heterocycles. The first-order valence-corrected chi connectivity index (χ1v) is 8.58. The highest BCUT2D eigenvalue weighted by Crippen LogP contribution is 2.26. The van der Waals surface area contributed by atoms with E-state index in [1.54, 1.807) is 12.4 Å². The van der Waals surface area contributed by atoms with E-state index in [0.29, 0.717) is 17.9 Å². The molecule has 0 fully saturated rings. The molecule has 0 bridgehead atoms. The summed E-state index contributed by atoms with van der Waals surface area (Å²) in [6.45, 7) is 0. The summed E-state index contributed by atoms with van der Waals surface area (Å²) in [6, 6.07) is 19.4. The van der Waals surface area contributed by atoms with Crippen LogP contribution >= 0.6 is 0 Å².